The average Bonchev–Trinajstić information content (AvgIpc) is 2.89. The van der Waals surface area contributed by atoms with Gasteiger partial charge >= 0.3 is 5.97 Å². The van der Waals surface area contributed by atoms with Crippen LogP contribution in [0.25, 0.3) is 0 Å². The van der Waals surface area contributed by atoms with E-state index in [4.69, 9.17) is 5.11 Å². The molecule has 0 saturated carbocycles. The number of hydrogen-bond donors (Lipinski definition) is 1. The SMILES string of the molecule is CCN(CCC(=O)O)C(=O)C1CC(=O)N(c2ccccc2Br)C1. The number of aliphatic carboxylic acids is 1. The van der Waals surface area contributed by atoms with Gasteiger partial charge < -0.3 is 14.9 Å². The van der Waals surface area contributed by atoms with Gasteiger partial charge in [0.15, 0.2) is 0 Å². The van der Waals surface area contributed by atoms with Gasteiger partial charge in [-0.2, -0.15) is 0 Å². The highest BCUT2D eigenvalue weighted by Gasteiger charge is 2.37. The molecule has 7 heteroatoms. The van der Waals surface area contributed by atoms with Crippen LogP contribution in [0.4, 0.5) is 5.69 Å². The number of carboxylic acids is 1. The highest BCUT2D eigenvalue weighted by atomic mass is 79.9. The summed E-state index contributed by atoms with van der Waals surface area (Å²) in [6.45, 7) is 2.74. The molecule has 0 spiro atoms. The highest BCUT2D eigenvalue weighted by Crippen LogP contribution is 2.31. The van der Waals surface area contributed by atoms with E-state index >= 15 is 0 Å². The molecule has 1 fully saturated rings. The molecule has 124 valence electrons. The number of carboxylic acid groups (broad SMARTS) is 1. The number of para-hydroxylation sites is 1. The van der Waals surface area contributed by atoms with Gasteiger partial charge in [-0.3, -0.25) is 14.4 Å². The fourth-order valence-electron chi connectivity index (χ4n) is 2.69. The van der Waals surface area contributed by atoms with Gasteiger partial charge in [-0.15, -0.1) is 0 Å². The molecule has 0 bridgehead atoms. The summed E-state index contributed by atoms with van der Waals surface area (Å²) in [5, 5.41) is 8.76. The quantitative estimate of drug-likeness (QED) is 0.817. The first-order chi connectivity index (χ1) is 10.9. The molecular weight excluding hydrogens is 364 g/mol. The van der Waals surface area contributed by atoms with Crippen molar-refractivity contribution < 1.29 is 19.5 Å². The maximum Gasteiger partial charge on any atom is 0.305 e. The molecular formula is C16H19BrN2O4. The molecule has 2 rings (SSSR count). The minimum atomic E-state index is -0.936. The number of carbonyl (C=O) groups excluding carboxylic acids is 2. The van der Waals surface area contributed by atoms with Gasteiger partial charge in [0, 0.05) is 30.5 Å². The van der Waals surface area contributed by atoms with Crippen molar-refractivity contribution in [2.24, 2.45) is 5.92 Å². The molecule has 0 aromatic heterocycles. The lowest BCUT2D eigenvalue weighted by molar-refractivity contribution is -0.139. The van der Waals surface area contributed by atoms with Crippen molar-refractivity contribution in [2.75, 3.05) is 24.5 Å². The summed E-state index contributed by atoms with van der Waals surface area (Å²) in [6, 6.07) is 7.38. The Morgan fingerprint density at radius 3 is 2.70 bits per heavy atom. The van der Waals surface area contributed by atoms with Crippen LogP contribution in [0, 0.1) is 5.92 Å². The number of anilines is 1. The van der Waals surface area contributed by atoms with E-state index in [0.717, 1.165) is 10.2 Å². The summed E-state index contributed by atoms with van der Waals surface area (Å²) >= 11 is 3.42. The monoisotopic (exact) mass is 382 g/mol. The summed E-state index contributed by atoms with van der Waals surface area (Å²) in [6.07, 6.45) is 0.0674. The maximum atomic E-state index is 12.5. The van der Waals surface area contributed by atoms with Crippen LogP contribution >= 0.6 is 15.9 Å². The van der Waals surface area contributed by atoms with Crippen LogP contribution in [0.3, 0.4) is 0 Å². The second-order valence-electron chi connectivity index (χ2n) is 5.42. The first kappa shape index (κ1) is 17.5. The average molecular weight is 383 g/mol. The van der Waals surface area contributed by atoms with Gasteiger partial charge in [-0.05, 0) is 35.0 Å². The van der Waals surface area contributed by atoms with Crippen molar-refractivity contribution >= 4 is 39.4 Å². The molecule has 1 aromatic carbocycles. The third kappa shape index (κ3) is 4.10. The molecule has 1 N–H and O–H groups in total. The molecule has 0 radical (unpaired) electrons. The van der Waals surface area contributed by atoms with E-state index in [-0.39, 0.29) is 31.2 Å². The van der Waals surface area contributed by atoms with Crippen molar-refractivity contribution in [1.29, 1.82) is 0 Å². The van der Waals surface area contributed by atoms with Gasteiger partial charge in [0.1, 0.15) is 0 Å². The first-order valence-electron chi connectivity index (χ1n) is 7.49. The predicted octanol–water partition coefficient (Wildman–Crippen LogP) is 2.13. The molecule has 1 atom stereocenters. The second kappa shape index (κ2) is 7.59. The number of amides is 2. The van der Waals surface area contributed by atoms with Gasteiger partial charge in [0.05, 0.1) is 18.0 Å². The Bertz CT molecular complexity index is 620. The van der Waals surface area contributed by atoms with Crippen molar-refractivity contribution in [2.45, 2.75) is 19.8 Å². The number of nitrogens with zero attached hydrogens (tertiary/aromatic N) is 2. The molecule has 1 aliphatic heterocycles. The zero-order valence-corrected chi connectivity index (χ0v) is 14.5. The van der Waals surface area contributed by atoms with Gasteiger partial charge in [0.25, 0.3) is 0 Å². The summed E-state index contributed by atoms with van der Waals surface area (Å²) < 4.78 is 0.805. The van der Waals surface area contributed by atoms with Gasteiger partial charge in [-0.25, -0.2) is 0 Å². The molecule has 2 amide bonds. The van der Waals surface area contributed by atoms with Crippen molar-refractivity contribution in [1.82, 2.24) is 4.90 Å². The van der Waals surface area contributed by atoms with E-state index in [9.17, 15) is 14.4 Å². The lowest BCUT2D eigenvalue weighted by atomic mass is 10.1. The normalized spacial score (nSPS) is 17.4. The third-order valence-corrected chi connectivity index (χ3v) is 4.58. The van der Waals surface area contributed by atoms with E-state index in [0.29, 0.717) is 13.1 Å². The molecule has 1 heterocycles. The Kier molecular flexibility index (Phi) is 5.76. The molecule has 1 saturated heterocycles. The number of carbonyl (C=O) groups is 3. The zero-order valence-electron chi connectivity index (χ0n) is 12.9. The Morgan fingerprint density at radius 2 is 2.09 bits per heavy atom. The summed E-state index contributed by atoms with van der Waals surface area (Å²) in [5.41, 5.74) is 0.751. The summed E-state index contributed by atoms with van der Waals surface area (Å²) in [7, 11) is 0. The lowest BCUT2D eigenvalue weighted by Gasteiger charge is -2.24. The van der Waals surface area contributed by atoms with Gasteiger partial charge in [0.2, 0.25) is 11.8 Å². The van der Waals surface area contributed by atoms with Crippen LogP contribution in [0.5, 0.6) is 0 Å². The van der Waals surface area contributed by atoms with Crippen LogP contribution in [-0.4, -0.2) is 47.4 Å². The molecule has 0 aliphatic carbocycles. The Balaban J connectivity index is 2.08. The van der Waals surface area contributed by atoms with Crippen molar-refractivity contribution in [3.8, 4) is 0 Å². The van der Waals surface area contributed by atoms with E-state index in [1.165, 1.54) is 4.90 Å². The smallest absolute Gasteiger partial charge is 0.305 e. The molecule has 1 aliphatic rings. The predicted molar refractivity (Wildman–Crippen MR) is 89.1 cm³/mol. The van der Waals surface area contributed by atoms with Gasteiger partial charge in [-0.1, -0.05) is 12.1 Å². The summed E-state index contributed by atoms with van der Waals surface area (Å²) in [5.74, 6) is -1.61. The zero-order chi connectivity index (χ0) is 17.0. The van der Waals surface area contributed by atoms with E-state index in [2.05, 4.69) is 15.9 Å². The van der Waals surface area contributed by atoms with Crippen LogP contribution in [0.15, 0.2) is 28.7 Å². The highest BCUT2D eigenvalue weighted by molar-refractivity contribution is 9.10. The Morgan fingerprint density at radius 1 is 1.39 bits per heavy atom. The second-order valence-corrected chi connectivity index (χ2v) is 6.27. The minimum Gasteiger partial charge on any atom is -0.481 e. The number of hydrogen-bond acceptors (Lipinski definition) is 3. The molecule has 6 nitrogen and oxygen atoms in total. The Labute approximate surface area is 143 Å². The number of benzene rings is 1. The molecule has 1 unspecified atom stereocenters. The lowest BCUT2D eigenvalue weighted by Crippen LogP contribution is -2.38. The summed E-state index contributed by atoms with van der Waals surface area (Å²) in [4.78, 5) is 38.6. The largest absolute Gasteiger partial charge is 0.481 e. The fraction of sp³-hybridized carbons (Fsp3) is 0.438. The van der Waals surface area contributed by atoms with Crippen LogP contribution in [0.2, 0.25) is 0 Å². The number of halogens is 1. The maximum absolute atomic E-state index is 12.5. The van der Waals surface area contributed by atoms with Crippen molar-refractivity contribution in [3.05, 3.63) is 28.7 Å². The number of rotatable bonds is 6. The fourth-order valence-corrected chi connectivity index (χ4v) is 3.19. The standard InChI is InChI=1S/C16H19BrN2O4/c1-2-18(8-7-15(21)22)16(23)11-9-14(20)19(10-11)13-6-4-3-5-12(13)17/h3-6,11H,2,7-10H2,1H3,(H,21,22). The Hall–Kier alpha value is -1.89. The van der Waals surface area contributed by atoms with Crippen molar-refractivity contribution in [3.63, 3.8) is 0 Å². The van der Waals surface area contributed by atoms with Crippen LogP contribution in [0.1, 0.15) is 19.8 Å². The van der Waals surface area contributed by atoms with E-state index in [1.807, 2.05) is 31.2 Å². The topological polar surface area (TPSA) is 77.9 Å². The molecule has 1 aromatic rings. The van der Waals surface area contributed by atoms with E-state index in [1.54, 1.807) is 4.90 Å². The van der Waals surface area contributed by atoms with E-state index < -0.39 is 11.9 Å². The minimum absolute atomic E-state index is 0.0891. The van der Waals surface area contributed by atoms with Crippen LogP contribution < -0.4 is 4.90 Å². The van der Waals surface area contributed by atoms with Crippen LogP contribution in [-0.2, 0) is 14.4 Å². The molecule has 23 heavy (non-hydrogen) atoms. The third-order valence-electron chi connectivity index (χ3n) is 3.91. The first-order valence-corrected chi connectivity index (χ1v) is 8.28.